The number of rotatable bonds is 5. The van der Waals surface area contributed by atoms with Crippen LogP contribution in [0, 0.1) is 0 Å². The second kappa shape index (κ2) is 8.06. The molecular formula is C20H18O5. The van der Waals surface area contributed by atoms with Gasteiger partial charge in [0.25, 0.3) is 0 Å². The molecule has 0 saturated heterocycles. The molecule has 2 aromatic rings. The molecule has 0 amide bonds. The number of ketones is 1. The maximum Gasteiger partial charge on any atom is 0.308 e. The van der Waals surface area contributed by atoms with Crippen LogP contribution in [0.2, 0.25) is 0 Å². The predicted molar refractivity (Wildman–Crippen MR) is 93.5 cm³/mol. The van der Waals surface area contributed by atoms with E-state index in [1.165, 1.54) is 26.0 Å². The zero-order valence-corrected chi connectivity index (χ0v) is 14.2. The Labute approximate surface area is 145 Å². The average Bonchev–Trinajstić information content (AvgIpc) is 2.54. The van der Waals surface area contributed by atoms with Crippen LogP contribution < -0.4 is 9.47 Å². The van der Waals surface area contributed by atoms with Crippen LogP contribution in [-0.2, 0) is 9.59 Å². The van der Waals surface area contributed by atoms with Crippen LogP contribution >= 0.6 is 0 Å². The topological polar surface area (TPSA) is 69.7 Å². The fraction of sp³-hybridized carbons (Fsp3) is 0.150. The van der Waals surface area contributed by atoms with Crippen molar-refractivity contribution in [2.24, 2.45) is 0 Å². The van der Waals surface area contributed by atoms with Crippen LogP contribution in [0.1, 0.15) is 36.7 Å². The van der Waals surface area contributed by atoms with Gasteiger partial charge in [0.05, 0.1) is 0 Å². The van der Waals surface area contributed by atoms with E-state index < -0.39 is 11.9 Å². The van der Waals surface area contributed by atoms with Crippen molar-refractivity contribution >= 4 is 23.3 Å². The highest BCUT2D eigenvalue weighted by Gasteiger charge is 2.08. The molecule has 0 aliphatic heterocycles. The Morgan fingerprint density at radius 1 is 0.760 bits per heavy atom. The van der Waals surface area contributed by atoms with E-state index in [0.29, 0.717) is 17.1 Å². The van der Waals surface area contributed by atoms with Gasteiger partial charge >= 0.3 is 11.9 Å². The molecule has 0 N–H and O–H groups in total. The van der Waals surface area contributed by atoms with Crippen LogP contribution in [0.4, 0.5) is 0 Å². The molecule has 0 aliphatic carbocycles. The summed E-state index contributed by atoms with van der Waals surface area (Å²) in [7, 11) is 0. The summed E-state index contributed by atoms with van der Waals surface area (Å²) in [5.41, 5.74) is 1.90. The van der Waals surface area contributed by atoms with Gasteiger partial charge in [0.15, 0.2) is 5.78 Å². The molecule has 25 heavy (non-hydrogen) atoms. The minimum Gasteiger partial charge on any atom is -0.427 e. The van der Waals surface area contributed by atoms with Crippen molar-refractivity contribution in [2.45, 2.75) is 20.8 Å². The summed E-state index contributed by atoms with van der Waals surface area (Å²) in [5.74, 6) is -0.330. The summed E-state index contributed by atoms with van der Waals surface area (Å²) in [6, 6.07) is 13.3. The third kappa shape index (κ3) is 5.42. The van der Waals surface area contributed by atoms with E-state index >= 15 is 0 Å². The highest BCUT2D eigenvalue weighted by molar-refractivity contribution is 6.08. The van der Waals surface area contributed by atoms with E-state index in [1.54, 1.807) is 43.3 Å². The molecule has 0 aromatic heterocycles. The summed E-state index contributed by atoms with van der Waals surface area (Å²) in [6.45, 7) is 4.42. The summed E-state index contributed by atoms with van der Waals surface area (Å²) < 4.78 is 10.0. The molecule has 5 heteroatoms. The van der Waals surface area contributed by atoms with Gasteiger partial charge in [-0.15, -0.1) is 0 Å². The van der Waals surface area contributed by atoms with Crippen LogP contribution in [0.25, 0.3) is 5.57 Å². The van der Waals surface area contributed by atoms with Crippen molar-refractivity contribution < 1.29 is 23.9 Å². The van der Waals surface area contributed by atoms with Gasteiger partial charge < -0.3 is 9.47 Å². The van der Waals surface area contributed by atoms with Crippen molar-refractivity contribution in [3.05, 3.63) is 65.7 Å². The quantitative estimate of drug-likeness (QED) is 0.359. The van der Waals surface area contributed by atoms with Gasteiger partial charge in [0.1, 0.15) is 11.5 Å². The molecule has 0 fully saturated rings. The smallest absolute Gasteiger partial charge is 0.308 e. The maximum absolute atomic E-state index is 12.4. The Bertz CT molecular complexity index is 849. The largest absolute Gasteiger partial charge is 0.427 e. The van der Waals surface area contributed by atoms with Crippen LogP contribution in [0.5, 0.6) is 11.5 Å². The molecule has 0 aliphatic rings. The third-order valence-corrected chi connectivity index (χ3v) is 3.28. The molecule has 5 nitrogen and oxygen atoms in total. The van der Waals surface area contributed by atoms with Gasteiger partial charge in [0.2, 0.25) is 0 Å². The van der Waals surface area contributed by atoms with E-state index in [-0.39, 0.29) is 5.78 Å². The van der Waals surface area contributed by atoms with Crippen LogP contribution in [-0.4, -0.2) is 17.7 Å². The van der Waals surface area contributed by atoms with Gasteiger partial charge in [-0.1, -0.05) is 24.3 Å². The number of allylic oxidation sites excluding steroid dienone is 2. The summed E-state index contributed by atoms with van der Waals surface area (Å²) in [6.07, 6.45) is 1.49. The van der Waals surface area contributed by atoms with Gasteiger partial charge in [0, 0.05) is 19.4 Å². The fourth-order valence-electron chi connectivity index (χ4n) is 2.21. The lowest BCUT2D eigenvalue weighted by Gasteiger charge is -2.06. The summed E-state index contributed by atoms with van der Waals surface area (Å²) in [4.78, 5) is 34.5. The minimum atomic E-state index is -0.446. The van der Waals surface area contributed by atoms with Gasteiger partial charge in [-0.05, 0) is 48.4 Å². The van der Waals surface area contributed by atoms with Gasteiger partial charge in [-0.25, -0.2) is 0 Å². The second-order valence-electron chi connectivity index (χ2n) is 5.43. The number of ether oxygens (including phenoxy) is 2. The standard InChI is InChI=1S/C20H18O5/c1-13(16-6-4-8-18(11-16)24-14(2)21)10-20(23)17-7-5-9-19(12-17)25-15(3)22/h4-12H,1-3H3/b13-10+. The fourth-order valence-corrected chi connectivity index (χ4v) is 2.21. The monoisotopic (exact) mass is 338 g/mol. The Hall–Kier alpha value is -3.21. The minimum absolute atomic E-state index is 0.218. The number of carbonyl (C=O) groups excluding carboxylic acids is 3. The average molecular weight is 338 g/mol. The lowest BCUT2D eigenvalue weighted by Crippen LogP contribution is -2.03. The number of hydrogen-bond acceptors (Lipinski definition) is 5. The van der Waals surface area contributed by atoms with E-state index in [9.17, 15) is 14.4 Å². The molecule has 0 bridgehead atoms. The maximum atomic E-state index is 12.4. The van der Waals surface area contributed by atoms with Crippen molar-refractivity contribution in [2.75, 3.05) is 0 Å². The zero-order valence-electron chi connectivity index (χ0n) is 14.2. The summed E-state index contributed by atoms with van der Waals surface area (Å²) >= 11 is 0. The van der Waals surface area contributed by atoms with Crippen molar-refractivity contribution in [1.82, 2.24) is 0 Å². The van der Waals surface area contributed by atoms with Crippen LogP contribution in [0.3, 0.4) is 0 Å². The molecule has 2 aromatic carbocycles. The highest BCUT2D eigenvalue weighted by Crippen LogP contribution is 2.21. The molecule has 0 heterocycles. The van der Waals surface area contributed by atoms with E-state index in [4.69, 9.17) is 9.47 Å². The summed E-state index contributed by atoms with van der Waals surface area (Å²) in [5, 5.41) is 0. The van der Waals surface area contributed by atoms with Gasteiger partial charge in [-0.3, -0.25) is 14.4 Å². The highest BCUT2D eigenvalue weighted by atomic mass is 16.5. The van der Waals surface area contributed by atoms with Crippen molar-refractivity contribution in [1.29, 1.82) is 0 Å². The zero-order chi connectivity index (χ0) is 18.4. The lowest BCUT2D eigenvalue weighted by atomic mass is 10.0. The first-order valence-electron chi connectivity index (χ1n) is 7.65. The number of benzene rings is 2. The Balaban J connectivity index is 2.23. The molecule has 2 rings (SSSR count). The Morgan fingerprint density at radius 2 is 1.24 bits per heavy atom. The molecule has 0 atom stereocenters. The predicted octanol–water partition coefficient (Wildman–Crippen LogP) is 3.82. The third-order valence-electron chi connectivity index (χ3n) is 3.28. The van der Waals surface area contributed by atoms with E-state index in [0.717, 1.165) is 11.1 Å². The van der Waals surface area contributed by atoms with Crippen molar-refractivity contribution in [3.8, 4) is 11.5 Å². The first-order chi connectivity index (χ1) is 11.8. The van der Waals surface area contributed by atoms with E-state index in [2.05, 4.69) is 0 Å². The SMILES string of the molecule is CC(=O)Oc1cccc(C(=O)/C=C(\C)c2cccc(OC(C)=O)c2)c1. The number of carbonyl (C=O) groups is 3. The molecule has 0 radical (unpaired) electrons. The molecule has 0 unspecified atom stereocenters. The molecule has 128 valence electrons. The second-order valence-corrected chi connectivity index (χ2v) is 5.43. The van der Waals surface area contributed by atoms with Crippen molar-refractivity contribution in [3.63, 3.8) is 0 Å². The normalized spacial score (nSPS) is 10.9. The first-order valence-corrected chi connectivity index (χ1v) is 7.65. The number of esters is 2. The molecular weight excluding hydrogens is 320 g/mol. The Kier molecular flexibility index (Phi) is 5.84. The molecule has 0 spiro atoms. The van der Waals surface area contributed by atoms with Crippen LogP contribution in [0.15, 0.2) is 54.6 Å². The first kappa shape index (κ1) is 18.1. The number of hydrogen-bond donors (Lipinski definition) is 0. The van der Waals surface area contributed by atoms with E-state index in [1.807, 2.05) is 6.07 Å². The lowest BCUT2D eigenvalue weighted by molar-refractivity contribution is -0.132. The Morgan fingerprint density at radius 3 is 1.76 bits per heavy atom. The van der Waals surface area contributed by atoms with Gasteiger partial charge in [-0.2, -0.15) is 0 Å². The molecule has 0 saturated carbocycles.